The van der Waals surface area contributed by atoms with Gasteiger partial charge in [0.15, 0.2) is 11.5 Å². The monoisotopic (exact) mass is 374 g/mol. The lowest BCUT2D eigenvalue weighted by atomic mass is 10.1. The van der Waals surface area contributed by atoms with Crippen LogP contribution in [0.25, 0.3) is 0 Å². The van der Waals surface area contributed by atoms with Gasteiger partial charge in [0.2, 0.25) is 0 Å². The van der Waals surface area contributed by atoms with E-state index in [1.54, 1.807) is 34.5 Å². The molecule has 0 saturated heterocycles. The van der Waals surface area contributed by atoms with Gasteiger partial charge in [0.25, 0.3) is 0 Å². The van der Waals surface area contributed by atoms with Crippen LogP contribution >= 0.6 is 0 Å². The summed E-state index contributed by atoms with van der Waals surface area (Å²) in [5.74, 6) is 2.49. The smallest absolute Gasteiger partial charge is 0.319 e. The Morgan fingerprint density at radius 3 is 2.11 bits per heavy atom. The Morgan fingerprint density at radius 1 is 0.852 bits per heavy atom. The van der Waals surface area contributed by atoms with Crippen molar-refractivity contribution >= 4 is 11.7 Å². The minimum Gasteiger partial charge on any atom is -0.496 e. The molecule has 0 bridgehead atoms. The molecule has 0 aliphatic heterocycles. The minimum atomic E-state index is -0.307. The fourth-order valence-corrected chi connectivity index (χ4v) is 2.68. The highest BCUT2D eigenvalue weighted by atomic mass is 16.5. The van der Waals surface area contributed by atoms with E-state index in [0.717, 1.165) is 11.1 Å². The maximum absolute atomic E-state index is 12.2. The van der Waals surface area contributed by atoms with E-state index in [-0.39, 0.29) is 6.03 Å². The summed E-state index contributed by atoms with van der Waals surface area (Å²) in [6.07, 6.45) is 0.571. The number of aryl methyl sites for hydroxylation is 1. The number of urea groups is 1. The van der Waals surface area contributed by atoms with Gasteiger partial charge < -0.3 is 29.6 Å². The lowest BCUT2D eigenvalue weighted by molar-refractivity contribution is 0.252. The SMILES string of the molecule is COc1cc(OC)c(OC)cc1CCNC(=O)Nc1cc(C)ccc1OC. The number of benzene rings is 2. The van der Waals surface area contributed by atoms with Crippen molar-refractivity contribution in [2.75, 3.05) is 40.3 Å². The topological polar surface area (TPSA) is 78.0 Å². The summed E-state index contributed by atoms with van der Waals surface area (Å²) in [7, 11) is 6.31. The molecule has 7 heteroatoms. The Labute approximate surface area is 159 Å². The van der Waals surface area contributed by atoms with E-state index in [0.29, 0.717) is 41.7 Å². The third-order valence-electron chi connectivity index (χ3n) is 4.07. The summed E-state index contributed by atoms with van der Waals surface area (Å²) < 4.78 is 21.3. The molecule has 2 aromatic carbocycles. The van der Waals surface area contributed by atoms with Gasteiger partial charge in [0, 0.05) is 12.6 Å². The predicted octanol–water partition coefficient (Wildman–Crippen LogP) is 3.39. The van der Waals surface area contributed by atoms with Crippen LogP contribution in [0, 0.1) is 6.92 Å². The third kappa shape index (κ3) is 5.20. The first-order valence-electron chi connectivity index (χ1n) is 8.50. The van der Waals surface area contributed by atoms with Crippen LogP contribution in [-0.2, 0) is 6.42 Å². The van der Waals surface area contributed by atoms with E-state index in [1.807, 2.05) is 31.2 Å². The second-order valence-corrected chi connectivity index (χ2v) is 5.85. The highest BCUT2D eigenvalue weighted by molar-refractivity contribution is 5.91. The highest BCUT2D eigenvalue weighted by Crippen LogP contribution is 2.34. The quantitative estimate of drug-likeness (QED) is 0.741. The zero-order valence-corrected chi connectivity index (χ0v) is 16.3. The summed E-state index contributed by atoms with van der Waals surface area (Å²) in [5.41, 5.74) is 2.56. The van der Waals surface area contributed by atoms with E-state index in [1.165, 1.54) is 0 Å². The fourth-order valence-electron chi connectivity index (χ4n) is 2.68. The van der Waals surface area contributed by atoms with Crippen LogP contribution in [0.2, 0.25) is 0 Å². The van der Waals surface area contributed by atoms with E-state index < -0.39 is 0 Å². The van der Waals surface area contributed by atoms with Gasteiger partial charge in [-0.15, -0.1) is 0 Å². The van der Waals surface area contributed by atoms with Crippen LogP contribution in [-0.4, -0.2) is 41.0 Å². The van der Waals surface area contributed by atoms with Crippen molar-refractivity contribution in [2.45, 2.75) is 13.3 Å². The fraction of sp³-hybridized carbons (Fsp3) is 0.350. The molecule has 0 aromatic heterocycles. The number of hydrogen-bond acceptors (Lipinski definition) is 5. The zero-order valence-electron chi connectivity index (χ0n) is 16.3. The van der Waals surface area contributed by atoms with Gasteiger partial charge in [-0.3, -0.25) is 0 Å². The largest absolute Gasteiger partial charge is 0.496 e. The normalized spacial score (nSPS) is 10.1. The number of hydrogen-bond donors (Lipinski definition) is 2. The molecule has 146 valence electrons. The zero-order chi connectivity index (χ0) is 19.8. The molecule has 2 aromatic rings. The van der Waals surface area contributed by atoms with E-state index in [2.05, 4.69) is 10.6 Å². The van der Waals surface area contributed by atoms with Crippen LogP contribution in [0.3, 0.4) is 0 Å². The van der Waals surface area contributed by atoms with Crippen LogP contribution in [0.1, 0.15) is 11.1 Å². The average molecular weight is 374 g/mol. The Hall–Kier alpha value is -3.09. The molecule has 2 rings (SSSR count). The maximum Gasteiger partial charge on any atom is 0.319 e. The molecule has 0 spiro atoms. The van der Waals surface area contributed by atoms with Gasteiger partial charge in [-0.25, -0.2) is 4.79 Å². The molecular formula is C20H26N2O5. The molecule has 0 aliphatic rings. The standard InChI is InChI=1S/C20H26N2O5/c1-13-6-7-16(24-2)15(10-13)22-20(23)21-9-8-14-11-18(26-4)19(27-5)12-17(14)25-3/h6-7,10-12H,8-9H2,1-5H3,(H2,21,22,23). The van der Waals surface area contributed by atoms with Gasteiger partial charge in [-0.1, -0.05) is 6.07 Å². The molecular weight excluding hydrogens is 348 g/mol. The van der Waals surface area contributed by atoms with E-state index in [9.17, 15) is 4.79 Å². The number of rotatable bonds is 8. The number of nitrogens with one attached hydrogen (secondary N) is 2. The number of carbonyl (C=O) groups is 1. The van der Waals surface area contributed by atoms with Crippen molar-refractivity contribution in [2.24, 2.45) is 0 Å². The van der Waals surface area contributed by atoms with Crippen LogP contribution in [0.5, 0.6) is 23.0 Å². The van der Waals surface area contributed by atoms with Crippen LogP contribution in [0.4, 0.5) is 10.5 Å². The number of anilines is 1. The lowest BCUT2D eigenvalue weighted by Crippen LogP contribution is -2.30. The molecule has 0 aliphatic carbocycles. The molecule has 0 heterocycles. The van der Waals surface area contributed by atoms with Crippen molar-refractivity contribution in [3.63, 3.8) is 0 Å². The second-order valence-electron chi connectivity index (χ2n) is 5.85. The molecule has 0 fully saturated rings. The molecule has 0 atom stereocenters. The number of methoxy groups -OCH3 is 4. The maximum atomic E-state index is 12.2. The number of ether oxygens (including phenoxy) is 4. The predicted molar refractivity (Wildman–Crippen MR) is 105 cm³/mol. The molecule has 7 nitrogen and oxygen atoms in total. The Kier molecular flexibility index (Phi) is 7.16. The molecule has 2 N–H and O–H groups in total. The van der Waals surface area contributed by atoms with Crippen molar-refractivity contribution in [1.82, 2.24) is 5.32 Å². The summed E-state index contributed by atoms with van der Waals surface area (Å²) in [6.45, 7) is 2.37. The summed E-state index contributed by atoms with van der Waals surface area (Å²) in [6, 6.07) is 8.91. The Balaban J connectivity index is 2.00. The summed E-state index contributed by atoms with van der Waals surface area (Å²) in [5, 5.41) is 5.64. The molecule has 27 heavy (non-hydrogen) atoms. The number of carbonyl (C=O) groups excluding carboxylic acids is 1. The first-order chi connectivity index (χ1) is 13.0. The molecule has 0 saturated carbocycles. The van der Waals surface area contributed by atoms with Gasteiger partial charge in [-0.05, 0) is 42.7 Å². The van der Waals surface area contributed by atoms with Crippen LogP contribution < -0.4 is 29.6 Å². The number of amides is 2. The van der Waals surface area contributed by atoms with Gasteiger partial charge >= 0.3 is 6.03 Å². The molecule has 0 unspecified atom stereocenters. The van der Waals surface area contributed by atoms with Gasteiger partial charge in [0.05, 0.1) is 34.1 Å². The first kappa shape index (κ1) is 20.2. The highest BCUT2D eigenvalue weighted by Gasteiger charge is 2.12. The minimum absolute atomic E-state index is 0.307. The second kappa shape index (κ2) is 9.56. The van der Waals surface area contributed by atoms with Crippen molar-refractivity contribution < 1.29 is 23.7 Å². The van der Waals surface area contributed by atoms with Crippen molar-refractivity contribution in [1.29, 1.82) is 0 Å². The third-order valence-corrected chi connectivity index (χ3v) is 4.07. The molecule has 0 radical (unpaired) electrons. The van der Waals surface area contributed by atoms with E-state index in [4.69, 9.17) is 18.9 Å². The van der Waals surface area contributed by atoms with E-state index >= 15 is 0 Å². The lowest BCUT2D eigenvalue weighted by Gasteiger charge is -2.15. The Morgan fingerprint density at radius 2 is 1.48 bits per heavy atom. The first-order valence-corrected chi connectivity index (χ1v) is 8.50. The summed E-state index contributed by atoms with van der Waals surface area (Å²) >= 11 is 0. The summed E-state index contributed by atoms with van der Waals surface area (Å²) in [4.78, 5) is 12.2. The Bertz CT molecular complexity index is 792. The van der Waals surface area contributed by atoms with Crippen molar-refractivity contribution in [3.8, 4) is 23.0 Å². The van der Waals surface area contributed by atoms with Crippen molar-refractivity contribution in [3.05, 3.63) is 41.5 Å². The van der Waals surface area contributed by atoms with Gasteiger partial charge in [-0.2, -0.15) is 0 Å². The van der Waals surface area contributed by atoms with Gasteiger partial charge in [0.1, 0.15) is 11.5 Å². The van der Waals surface area contributed by atoms with Crippen LogP contribution in [0.15, 0.2) is 30.3 Å². The average Bonchev–Trinajstić information content (AvgIpc) is 2.67. The molecule has 2 amide bonds.